The van der Waals surface area contributed by atoms with Crippen molar-refractivity contribution in [3.05, 3.63) is 53.9 Å². The molecule has 1 N–H and O–H groups in total. The summed E-state index contributed by atoms with van der Waals surface area (Å²) in [6.45, 7) is 0.256. The SMILES string of the molecule is COc1ccc(C(=O)OCCNC(=O)c2cccnc2)cc1OC.Cl. The molecule has 0 radical (unpaired) electrons. The van der Waals surface area contributed by atoms with E-state index in [9.17, 15) is 9.59 Å². The Kier molecular flexibility index (Phi) is 8.22. The van der Waals surface area contributed by atoms with Crippen molar-refractivity contribution >= 4 is 24.3 Å². The Morgan fingerprint density at radius 1 is 1.08 bits per heavy atom. The fourth-order valence-corrected chi connectivity index (χ4v) is 1.95. The monoisotopic (exact) mass is 366 g/mol. The zero-order valence-corrected chi connectivity index (χ0v) is 14.7. The van der Waals surface area contributed by atoms with Crippen molar-refractivity contribution in [2.75, 3.05) is 27.4 Å². The lowest BCUT2D eigenvalue weighted by molar-refractivity contribution is 0.0502. The molecule has 0 fully saturated rings. The molecule has 1 aromatic carbocycles. The van der Waals surface area contributed by atoms with E-state index >= 15 is 0 Å². The normalized spacial score (nSPS) is 9.52. The van der Waals surface area contributed by atoms with E-state index in [0.717, 1.165) is 0 Å². The highest BCUT2D eigenvalue weighted by atomic mass is 35.5. The van der Waals surface area contributed by atoms with E-state index in [1.54, 1.807) is 30.5 Å². The van der Waals surface area contributed by atoms with Gasteiger partial charge in [0.25, 0.3) is 5.91 Å². The van der Waals surface area contributed by atoms with E-state index in [1.807, 2.05) is 0 Å². The van der Waals surface area contributed by atoms with Crippen molar-refractivity contribution in [3.63, 3.8) is 0 Å². The summed E-state index contributed by atoms with van der Waals surface area (Å²) >= 11 is 0. The minimum atomic E-state index is -0.508. The predicted octanol–water partition coefficient (Wildman–Crippen LogP) is 2.11. The molecular formula is C17H19ClN2O5. The number of methoxy groups -OCH3 is 2. The largest absolute Gasteiger partial charge is 0.493 e. The van der Waals surface area contributed by atoms with E-state index in [2.05, 4.69) is 10.3 Å². The summed E-state index contributed by atoms with van der Waals surface area (Å²) in [5.41, 5.74) is 0.787. The molecule has 0 spiro atoms. The first kappa shape index (κ1) is 20.2. The summed E-state index contributed by atoms with van der Waals surface area (Å²) in [7, 11) is 3.00. The first-order valence-electron chi connectivity index (χ1n) is 7.23. The topological polar surface area (TPSA) is 86.8 Å². The third-order valence-corrected chi connectivity index (χ3v) is 3.16. The number of rotatable bonds is 7. The van der Waals surface area contributed by atoms with Gasteiger partial charge in [0, 0.05) is 12.4 Å². The number of benzene rings is 1. The predicted molar refractivity (Wildman–Crippen MR) is 93.6 cm³/mol. The molecule has 0 saturated carbocycles. The highest BCUT2D eigenvalue weighted by molar-refractivity contribution is 5.93. The lowest BCUT2D eigenvalue weighted by Gasteiger charge is -2.10. The van der Waals surface area contributed by atoms with Crippen molar-refractivity contribution in [2.24, 2.45) is 0 Å². The number of nitrogens with zero attached hydrogens (tertiary/aromatic N) is 1. The smallest absolute Gasteiger partial charge is 0.338 e. The van der Waals surface area contributed by atoms with Crippen molar-refractivity contribution in [1.82, 2.24) is 10.3 Å². The Morgan fingerprint density at radius 3 is 2.48 bits per heavy atom. The molecule has 0 aliphatic carbocycles. The number of aromatic nitrogens is 1. The number of hydrogen-bond donors (Lipinski definition) is 1. The minimum absolute atomic E-state index is 0. The Hall–Kier alpha value is -2.80. The zero-order chi connectivity index (χ0) is 17.4. The van der Waals surface area contributed by atoms with Crippen LogP contribution in [0.5, 0.6) is 11.5 Å². The molecule has 1 amide bonds. The molecular weight excluding hydrogens is 348 g/mol. The minimum Gasteiger partial charge on any atom is -0.493 e. The van der Waals surface area contributed by atoms with E-state index in [0.29, 0.717) is 22.6 Å². The van der Waals surface area contributed by atoms with Gasteiger partial charge in [-0.1, -0.05) is 0 Å². The van der Waals surface area contributed by atoms with Crippen molar-refractivity contribution in [3.8, 4) is 11.5 Å². The highest BCUT2D eigenvalue weighted by Crippen LogP contribution is 2.27. The number of hydrogen-bond acceptors (Lipinski definition) is 6. The Balaban J connectivity index is 0.00000312. The quantitative estimate of drug-likeness (QED) is 0.596. The summed E-state index contributed by atoms with van der Waals surface area (Å²) in [5, 5.41) is 2.65. The highest BCUT2D eigenvalue weighted by Gasteiger charge is 2.12. The van der Waals surface area contributed by atoms with Crippen LogP contribution < -0.4 is 14.8 Å². The van der Waals surface area contributed by atoms with Crippen LogP contribution in [-0.2, 0) is 4.74 Å². The van der Waals surface area contributed by atoms with Gasteiger partial charge in [0.1, 0.15) is 6.61 Å². The number of nitrogens with one attached hydrogen (secondary N) is 1. The number of halogens is 1. The van der Waals surface area contributed by atoms with E-state index in [4.69, 9.17) is 14.2 Å². The molecule has 0 aliphatic heterocycles. The summed E-state index contributed by atoms with van der Waals surface area (Å²) in [4.78, 5) is 27.6. The molecule has 1 aromatic heterocycles. The number of pyridine rings is 1. The maximum absolute atomic E-state index is 12.0. The van der Waals surface area contributed by atoms with Gasteiger partial charge >= 0.3 is 5.97 Å². The van der Waals surface area contributed by atoms with Crippen LogP contribution in [0.3, 0.4) is 0 Å². The second kappa shape index (κ2) is 10.1. The van der Waals surface area contributed by atoms with Crippen LogP contribution in [0.15, 0.2) is 42.7 Å². The van der Waals surface area contributed by atoms with Gasteiger partial charge in [-0.3, -0.25) is 9.78 Å². The summed E-state index contributed by atoms with van der Waals surface area (Å²) in [5.74, 6) is 0.187. The van der Waals surface area contributed by atoms with Gasteiger partial charge in [-0.05, 0) is 30.3 Å². The van der Waals surface area contributed by atoms with Gasteiger partial charge in [-0.25, -0.2) is 4.79 Å². The van der Waals surface area contributed by atoms with Crippen LogP contribution in [0, 0.1) is 0 Å². The summed E-state index contributed by atoms with van der Waals surface area (Å²) < 4.78 is 15.4. The van der Waals surface area contributed by atoms with Gasteiger partial charge in [-0.2, -0.15) is 0 Å². The van der Waals surface area contributed by atoms with Gasteiger partial charge in [0.15, 0.2) is 11.5 Å². The van der Waals surface area contributed by atoms with Crippen molar-refractivity contribution < 1.29 is 23.8 Å². The third-order valence-electron chi connectivity index (χ3n) is 3.16. The Labute approximate surface area is 151 Å². The van der Waals surface area contributed by atoms with Crippen LogP contribution in [-0.4, -0.2) is 44.2 Å². The molecule has 0 bridgehead atoms. The molecule has 0 unspecified atom stereocenters. The van der Waals surface area contributed by atoms with E-state index < -0.39 is 5.97 Å². The maximum atomic E-state index is 12.0. The van der Waals surface area contributed by atoms with Crippen molar-refractivity contribution in [2.45, 2.75) is 0 Å². The average Bonchev–Trinajstić information content (AvgIpc) is 2.64. The molecule has 1 heterocycles. The number of amides is 1. The van der Waals surface area contributed by atoms with E-state index in [-0.39, 0.29) is 31.5 Å². The van der Waals surface area contributed by atoms with Gasteiger partial charge < -0.3 is 19.5 Å². The number of esters is 1. The zero-order valence-electron chi connectivity index (χ0n) is 13.9. The van der Waals surface area contributed by atoms with Crippen LogP contribution in [0.4, 0.5) is 0 Å². The lowest BCUT2D eigenvalue weighted by atomic mass is 10.2. The van der Waals surface area contributed by atoms with Crippen LogP contribution in [0.25, 0.3) is 0 Å². The third kappa shape index (κ3) is 5.65. The van der Waals surface area contributed by atoms with Gasteiger partial charge in [0.05, 0.1) is 31.9 Å². The standard InChI is InChI=1S/C17H18N2O5.ClH/c1-22-14-6-5-12(10-15(14)23-2)17(21)24-9-8-19-16(20)13-4-3-7-18-11-13;/h3-7,10-11H,8-9H2,1-2H3,(H,19,20);1H. The molecule has 134 valence electrons. The second-order valence-electron chi connectivity index (χ2n) is 4.70. The van der Waals surface area contributed by atoms with Gasteiger partial charge in [-0.15, -0.1) is 12.4 Å². The maximum Gasteiger partial charge on any atom is 0.338 e. The number of carbonyl (C=O) groups is 2. The second-order valence-corrected chi connectivity index (χ2v) is 4.70. The fourth-order valence-electron chi connectivity index (χ4n) is 1.95. The van der Waals surface area contributed by atoms with Gasteiger partial charge in [0.2, 0.25) is 0 Å². The molecule has 2 aromatic rings. The Morgan fingerprint density at radius 2 is 1.84 bits per heavy atom. The number of ether oxygens (including phenoxy) is 3. The first-order valence-corrected chi connectivity index (χ1v) is 7.23. The molecule has 0 atom stereocenters. The summed E-state index contributed by atoms with van der Waals surface area (Å²) in [6, 6.07) is 8.07. The van der Waals surface area contributed by atoms with Crippen LogP contribution in [0.1, 0.15) is 20.7 Å². The molecule has 0 saturated heterocycles. The molecule has 25 heavy (non-hydrogen) atoms. The summed E-state index contributed by atoms with van der Waals surface area (Å²) in [6.07, 6.45) is 3.05. The molecule has 2 rings (SSSR count). The molecule has 0 aliphatic rings. The lowest BCUT2D eigenvalue weighted by Crippen LogP contribution is -2.28. The van der Waals surface area contributed by atoms with E-state index in [1.165, 1.54) is 26.5 Å². The molecule has 7 nitrogen and oxygen atoms in total. The first-order chi connectivity index (χ1) is 11.7. The average molecular weight is 367 g/mol. The molecule has 8 heteroatoms. The fraction of sp³-hybridized carbons (Fsp3) is 0.235. The Bertz CT molecular complexity index is 709. The van der Waals surface area contributed by atoms with Crippen molar-refractivity contribution in [1.29, 1.82) is 0 Å². The van der Waals surface area contributed by atoms with Crippen LogP contribution >= 0.6 is 12.4 Å². The van der Waals surface area contributed by atoms with Crippen LogP contribution in [0.2, 0.25) is 0 Å². The number of carbonyl (C=O) groups excluding carboxylic acids is 2.